The summed E-state index contributed by atoms with van der Waals surface area (Å²) in [7, 11) is 0. The molecule has 0 heterocycles. The highest BCUT2D eigenvalue weighted by atomic mass is 35.5. The van der Waals surface area contributed by atoms with Gasteiger partial charge in [-0.25, -0.2) is 0 Å². The molecule has 0 fully saturated rings. The smallest absolute Gasteiger partial charge is 0.233 e. The van der Waals surface area contributed by atoms with E-state index in [1.807, 2.05) is 49.4 Å². The van der Waals surface area contributed by atoms with Crippen molar-refractivity contribution < 1.29 is 4.79 Å². The van der Waals surface area contributed by atoms with E-state index < -0.39 is 0 Å². The molecule has 0 aliphatic heterocycles. The van der Waals surface area contributed by atoms with Gasteiger partial charge < -0.3 is 5.32 Å². The van der Waals surface area contributed by atoms with Crippen LogP contribution in [-0.4, -0.2) is 17.7 Å². The summed E-state index contributed by atoms with van der Waals surface area (Å²) in [5.41, 5.74) is 1.31. The van der Waals surface area contributed by atoms with Crippen molar-refractivity contribution in [1.82, 2.24) is 5.32 Å². The summed E-state index contributed by atoms with van der Waals surface area (Å²) in [5, 5.41) is 3.60. The van der Waals surface area contributed by atoms with Crippen molar-refractivity contribution in [3.63, 3.8) is 0 Å². The van der Waals surface area contributed by atoms with E-state index in [2.05, 4.69) is 17.4 Å². The maximum absolute atomic E-state index is 12.1. The quantitative estimate of drug-likeness (QED) is 0.594. The van der Waals surface area contributed by atoms with Crippen LogP contribution >= 0.6 is 23.4 Å². The number of carbonyl (C=O) groups excluding carboxylic acids is 1. The minimum Gasteiger partial charge on any atom is -0.355 e. The summed E-state index contributed by atoms with van der Waals surface area (Å²) in [6.07, 6.45) is 1.94. The average Bonchev–Trinajstić information content (AvgIpc) is 2.54. The number of benzene rings is 2. The number of aryl methyl sites for hydroxylation is 1. The number of hydrogen-bond acceptors (Lipinski definition) is 2. The lowest BCUT2D eigenvalue weighted by atomic mass is 10.1. The first-order valence-corrected chi connectivity index (χ1v) is 8.65. The molecule has 4 heteroatoms. The van der Waals surface area contributed by atoms with E-state index in [0.717, 1.165) is 17.7 Å². The molecule has 0 aliphatic rings. The molecule has 0 unspecified atom stereocenters. The zero-order chi connectivity index (χ0) is 15.8. The first-order valence-electron chi connectivity index (χ1n) is 7.39. The fourth-order valence-electron chi connectivity index (χ4n) is 2.06. The minimum absolute atomic E-state index is 0.0769. The Morgan fingerprint density at radius 3 is 2.50 bits per heavy atom. The van der Waals surface area contributed by atoms with E-state index in [9.17, 15) is 4.79 Å². The molecule has 116 valence electrons. The van der Waals surface area contributed by atoms with Gasteiger partial charge in [0.2, 0.25) is 5.91 Å². The summed E-state index contributed by atoms with van der Waals surface area (Å²) in [4.78, 5) is 13.1. The largest absolute Gasteiger partial charge is 0.355 e. The highest BCUT2D eigenvalue weighted by Crippen LogP contribution is 2.24. The van der Waals surface area contributed by atoms with Crippen LogP contribution in [0.1, 0.15) is 18.9 Å². The monoisotopic (exact) mass is 333 g/mol. The molecule has 2 aromatic rings. The Morgan fingerprint density at radius 1 is 1.14 bits per heavy atom. The first-order chi connectivity index (χ1) is 10.6. The number of nitrogens with one attached hydrogen (secondary N) is 1. The van der Waals surface area contributed by atoms with Crippen LogP contribution < -0.4 is 5.32 Å². The molecule has 0 aliphatic carbocycles. The van der Waals surface area contributed by atoms with Crippen LogP contribution in [0.15, 0.2) is 59.5 Å². The topological polar surface area (TPSA) is 29.1 Å². The molecule has 0 bridgehead atoms. The summed E-state index contributed by atoms with van der Waals surface area (Å²) in [5.74, 6) is 0.0769. The van der Waals surface area contributed by atoms with Gasteiger partial charge in [0.1, 0.15) is 0 Å². The zero-order valence-corrected chi connectivity index (χ0v) is 14.2. The molecule has 2 aromatic carbocycles. The highest BCUT2D eigenvalue weighted by molar-refractivity contribution is 8.00. The normalized spacial score (nSPS) is 11.9. The standard InChI is InChI=1S/C18H20ClNOS/c1-14(22-17-11-9-16(19)10-12-17)18(21)20-13-5-8-15-6-3-2-4-7-15/h2-4,6-7,9-12,14H,5,8,13H2,1H3,(H,20,21)/t14-/m0/s1. The lowest BCUT2D eigenvalue weighted by molar-refractivity contribution is -0.120. The number of thioether (sulfide) groups is 1. The lowest BCUT2D eigenvalue weighted by Crippen LogP contribution is -2.31. The molecular formula is C18H20ClNOS. The Bertz CT molecular complexity index is 586. The Labute approximate surface area is 141 Å². The summed E-state index contributed by atoms with van der Waals surface area (Å²) >= 11 is 7.40. The van der Waals surface area contributed by atoms with Crippen molar-refractivity contribution in [3.8, 4) is 0 Å². The highest BCUT2D eigenvalue weighted by Gasteiger charge is 2.13. The van der Waals surface area contributed by atoms with Crippen LogP contribution in [0.3, 0.4) is 0 Å². The van der Waals surface area contributed by atoms with E-state index in [1.54, 1.807) is 11.8 Å². The third-order valence-corrected chi connectivity index (χ3v) is 4.64. The van der Waals surface area contributed by atoms with Gasteiger partial charge in [-0.05, 0) is 49.6 Å². The fraction of sp³-hybridized carbons (Fsp3) is 0.278. The Kier molecular flexibility index (Phi) is 6.81. The van der Waals surface area contributed by atoms with Gasteiger partial charge in [-0.15, -0.1) is 11.8 Å². The fourth-order valence-corrected chi connectivity index (χ4v) is 3.08. The number of rotatable bonds is 7. The van der Waals surface area contributed by atoms with Crippen molar-refractivity contribution in [3.05, 3.63) is 65.2 Å². The van der Waals surface area contributed by atoms with Gasteiger partial charge in [0.15, 0.2) is 0 Å². The Hall–Kier alpha value is -1.45. The molecule has 0 radical (unpaired) electrons. The van der Waals surface area contributed by atoms with Crippen LogP contribution in [0.4, 0.5) is 0 Å². The third-order valence-electron chi connectivity index (χ3n) is 3.28. The SMILES string of the molecule is C[C@H](Sc1ccc(Cl)cc1)C(=O)NCCCc1ccccc1. The maximum atomic E-state index is 12.1. The molecule has 22 heavy (non-hydrogen) atoms. The van der Waals surface area contributed by atoms with Crippen LogP contribution in [0.5, 0.6) is 0 Å². The molecule has 0 saturated heterocycles. The summed E-state index contributed by atoms with van der Waals surface area (Å²) < 4.78 is 0. The van der Waals surface area contributed by atoms with Crippen LogP contribution in [0, 0.1) is 0 Å². The van der Waals surface area contributed by atoms with E-state index in [1.165, 1.54) is 5.56 Å². The molecule has 0 saturated carbocycles. The Balaban J connectivity index is 1.69. The first kappa shape index (κ1) is 16.9. The van der Waals surface area contributed by atoms with Crippen LogP contribution in [-0.2, 0) is 11.2 Å². The molecule has 2 nitrogen and oxygen atoms in total. The number of amides is 1. The van der Waals surface area contributed by atoms with Gasteiger partial charge in [-0.2, -0.15) is 0 Å². The maximum Gasteiger partial charge on any atom is 0.233 e. The van der Waals surface area contributed by atoms with Crippen molar-refractivity contribution in [2.75, 3.05) is 6.54 Å². The van der Waals surface area contributed by atoms with Gasteiger partial charge in [0, 0.05) is 16.5 Å². The molecule has 0 aromatic heterocycles. The van der Waals surface area contributed by atoms with Crippen molar-refractivity contribution >= 4 is 29.3 Å². The van der Waals surface area contributed by atoms with Crippen LogP contribution in [0.2, 0.25) is 5.02 Å². The van der Waals surface area contributed by atoms with Crippen molar-refractivity contribution in [2.24, 2.45) is 0 Å². The molecular weight excluding hydrogens is 314 g/mol. The summed E-state index contributed by atoms with van der Waals surface area (Å²) in [6, 6.07) is 17.9. The van der Waals surface area contributed by atoms with Gasteiger partial charge in [-0.1, -0.05) is 41.9 Å². The molecule has 1 N–H and O–H groups in total. The average molecular weight is 334 g/mol. The van der Waals surface area contributed by atoms with Crippen LogP contribution in [0.25, 0.3) is 0 Å². The number of halogens is 1. The second-order valence-corrected chi connectivity index (χ2v) is 6.94. The second kappa shape index (κ2) is 8.86. The molecule has 0 spiro atoms. The number of hydrogen-bond donors (Lipinski definition) is 1. The molecule has 1 amide bonds. The Morgan fingerprint density at radius 2 is 1.82 bits per heavy atom. The number of carbonyl (C=O) groups is 1. The van der Waals surface area contributed by atoms with Crippen molar-refractivity contribution in [2.45, 2.75) is 29.9 Å². The lowest BCUT2D eigenvalue weighted by Gasteiger charge is -2.12. The van der Waals surface area contributed by atoms with E-state index in [4.69, 9.17) is 11.6 Å². The van der Waals surface area contributed by atoms with E-state index in [-0.39, 0.29) is 11.2 Å². The predicted molar refractivity (Wildman–Crippen MR) is 94.5 cm³/mol. The molecule has 2 rings (SSSR count). The van der Waals surface area contributed by atoms with Gasteiger partial charge in [0.05, 0.1) is 5.25 Å². The van der Waals surface area contributed by atoms with Gasteiger partial charge in [0.25, 0.3) is 0 Å². The van der Waals surface area contributed by atoms with E-state index >= 15 is 0 Å². The van der Waals surface area contributed by atoms with Gasteiger partial charge in [-0.3, -0.25) is 4.79 Å². The zero-order valence-electron chi connectivity index (χ0n) is 12.6. The minimum atomic E-state index is -0.113. The van der Waals surface area contributed by atoms with E-state index in [0.29, 0.717) is 11.6 Å². The predicted octanol–water partition coefficient (Wildman–Crippen LogP) is 4.57. The molecule has 1 atom stereocenters. The van der Waals surface area contributed by atoms with Gasteiger partial charge >= 0.3 is 0 Å². The second-order valence-electron chi connectivity index (χ2n) is 5.09. The summed E-state index contributed by atoms with van der Waals surface area (Å²) in [6.45, 7) is 2.63. The van der Waals surface area contributed by atoms with Crippen molar-refractivity contribution in [1.29, 1.82) is 0 Å². The third kappa shape index (κ3) is 5.74.